The van der Waals surface area contributed by atoms with Crippen LogP contribution in [-0.2, 0) is 0 Å². The number of nitrogens with zero attached hydrogens (tertiary/aromatic N) is 6. The molecule has 0 atom stereocenters. The fraction of sp³-hybridized carbons (Fsp3) is 0.185. The van der Waals surface area contributed by atoms with Gasteiger partial charge in [0.2, 0.25) is 5.95 Å². The highest BCUT2D eigenvalue weighted by atomic mass is 16.2. The number of carbonyl (C=O) groups is 1. The minimum atomic E-state index is 0.0780. The van der Waals surface area contributed by atoms with Crippen LogP contribution in [0.15, 0.2) is 78.9 Å². The molecule has 168 valence electrons. The number of hydrogen-bond acceptors (Lipinski definition) is 5. The maximum absolute atomic E-state index is 13.0. The average Bonchev–Trinajstić information content (AvgIpc) is 3.34. The number of aromatic nitrogens is 4. The molecule has 0 saturated carbocycles. The first-order valence-corrected chi connectivity index (χ1v) is 11.5. The van der Waals surface area contributed by atoms with Gasteiger partial charge in [-0.1, -0.05) is 60.2 Å². The summed E-state index contributed by atoms with van der Waals surface area (Å²) in [7, 11) is 0. The third-order valence-electron chi connectivity index (χ3n) is 6.38. The van der Waals surface area contributed by atoms with Crippen molar-refractivity contribution in [3.63, 3.8) is 0 Å². The summed E-state index contributed by atoms with van der Waals surface area (Å²) >= 11 is 0. The Balaban J connectivity index is 1.38. The maximum atomic E-state index is 13.0. The molecule has 0 spiro atoms. The molecule has 1 amide bonds. The predicted octanol–water partition coefficient (Wildman–Crippen LogP) is 4.22. The van der Waals surface area contributed by atoms with Crippen molar-refractivity contribution in [2.45, 2.75) is 6.92 Å². The fourth-order valence-corrected chi connectivity index (χ4v) is 4.62. The lowest BCUT2D eigenvalue weighted by Gasteiger charge is -2.35. The van der Waals surface area contributed by atoms with Crippen LogP contribution in [-0.4, -0.2) is 56.6 Å². The van der Waals surface area contributed by atoms with Crippen LogP contribution in [0.4, 0.5) is 5.95 Å². The van der Waals surface area contributed by atoms with Crippen LogP contribution in [0.5, 0.6) is 0 Å². The highest BCUT2D eigenvalue weighted by Crippen LogP contribution is 2.29. The first-order valence-electron chi connectivity index (χ1n) is 11.5. The topological polar surface area (TPSA) is 66.6 Å². The molecule has 1 aliphatic rings. The van der Waals surface area contributed by atoms with Gasteiger partial charge in [0.25, 0.3) is 5.91 Å². The van der Waals surface area contributed by atoms with E-state index in [4.69, 9.17) is 4.98 Å². The molecule has 34 heavy (non-hydrogen) atoms. The van der Waals surface area contributed by atoms with Crippen LogP contribution in [0.1, 0.15) is 15.9 Å². The van der Waals surface area contributed by atoms with E-state index in [1.165, 1.54) is 0 Å². The molecule has 5 aromatic rings. The van der Waals surface area contributed by atoms with Crippen LogP contribution >= 0.6 is 0 Å². The molecule has 2 aromatic heterocycles. The zero-order chi connectivity index (χ0) is 23.1. The average molecular weight is 449 g/mol. The molecule has 0 bridgehead atoms. The number of rotatable bonds is 3. The van der Waals surface area contributed by atoms with Crippen molar-refractivity contribution >= 4 is 28.4 Å². The van der Waals surface area contributed by atoms with Gasteiger partial charge in [-0.25, -0.2) is 9.38 Å². The Morgan fingerprint density at radius 2 is 1.59 bits per heavy atom. The number of carbonyl (C=O) groups excluding carboxylic acids is 1. The smallest absolute Gasteiger partial charge is 0.253 e. The highest BCUT2D eigenvalue weighted by molar-refractivity contribution is 5.95. The number of piperazine rings is 1. The molecule has 1 aliphatic heterocycles. The van der Waals surface area contributed by atoms with Gasteiger partial charge < -0.3 is 9.80 Å². The van der Waals surface area contributed by atoms with E-state index in [1.807, 2.05) is 90.7 Å². The lowest BCUT2D eigenvalue weighted by atomic mass is 10.1. The van der Waals surface area contributed by atoms with Gasteiger partial charge in [-0.05, 0) is 31.2 Å². The molecule has 3 aromatic carbocycles. The predicted molar refractivity (Wildman–Crippen MR) is 133 cm³/mol. The molecular weight excluding hydrogens is 424 g/mol. The third kappa shape index (κ3) is 3.46. The molecule has 1 fully saturated rings. The Morgan fingerprint density at radius 1 is 0.824 bits per heavy atom. The van der Waals surface area contributed by atoms with Gasteiger partial charge in [0, 0.05) is 42.7 Å². The van der Waals surface area contributed by atoms with Crippen LogP contribution in [0.2, 0.25) is 0 Å². The number of benzene rings is 3. The molecule has 0 unspecified atom stereocenters. The van der Waals surface area contributed by atoms with Crippen molar-refractivity contribution in [1.82, 2.24) is 24.5 Å². The summed E-state index contributed by atoms with van der Waals surface area (Å²) in [4.78, 5) is 22.2. The molecular formula is C27H24N6O. The second kappa shape index (κ2) is 8.26. The van der Waals surface area contributed by atoms with Crippen LogP contribution in [0, 0.1) is 6.92 Å². The third-order valence-corrected chi connectivity index (χ3v) is 6.38. The van der Waals surface area contributed by atoms with Crippen molar-refractivity contribution in [1.29, 1.82) is 0 Å². The Morgan fingerprint density at radius 3 is 2.38 bits per heavy atom. The summed E-state index contributed by atoms with van der Waals surface area (Å²) < 4.78 is 2.05. The largest absolute Gasteiger partial charge is 0.338 e. The van der Waals surface area contributed by atoms with Crippen molar-refractivity contribution in [3.8, 4) is 11.4 Å². The van der Waals surface area contributed by atoms with Crippen molar-refractivity contribution in [2.24, 2.45) is 0 Å². The van der Waals surface area contributed by atoms with E-state index < -0.39 is 0 Å². The van der Waals surface area contributed by atoms with Gasteiger partial charge in [0.1, 0.15) is 0 Å². The van der Waals surface area contributed by atoms with Crippen molar-refractivity contribution in [2.75, 3.05) is 31.1 Å². The van der Waals surface area contributed by atoms with E-state index in [2.05, 4.69) is 19.5 Å². The molecule has 0 radical (unpaired) electrons. The summed E-state index contributed by atoms with van der Waals surface area (Å²) in [5, 5.41) is 10.1. The number of hydrogen-bond donors (Lipinski definition) is 0. The molecule has 7 heteroatoms. The van der Waals surface area contributed by atoms with Crippen LogP contribution in [0.25, 0.3) is 27.9 Å². The number of amides is 1. The van der Waals surface area contributed by atoms with E-state index in [9.17, 15) is 4.79 Å². The Labute approximate surface area is 197 Å². The van der Waals surface area contributed by atoms with Gasteiger partial charge in [0.05, 0.1) is 5.52 Å². The quantitative estimate of drug-likeness (QED) is 0.414. The minimum Gasteiger partial charge on any atom is -0.338 e. The molecule has 0 aliphatic carbocycles. The second-order valence-electron chi connectivity index (χ2n) is 8.63. The zero-order valence-electron chi connectivity index (χ0n) is 18.9. The normalized spacial score (nSPS) is 14.1. The summed E-state index contributed by atoms with van der Waals surface area (Å²) in [5.74, 6) is 1.65. The number of anilines is 1. The van der Waals surface area contributed by atoms with Gasteiger partial charge in [-0.2, -0.15) is 0 Å². The van der Waals surface area contributed by atoms with E-state index in [-0.39, 0.29) is 5.91 Å². The minimum absolute atomic E-state index is 0.0780. The lowest BCUT2D eigenvalue weighted by Crippen LogP contribution is -2.49. The standard InChI is InChI=1S/C27H24N6O/c1-19-8-7-11-21(18-19)26(34)31-14-16-32(17-15-31)27-28-23-13-6-5-12-22(23)25-30-29-24(33(25)27)20-9-3-2-4-10-20/h2-13,18H,14-17H2,1H3. The molecule has 6 rings (SSSR count). The van der Waals surface area contributed by atoms with Gasteiger partial charge >= 0.3 is 0 Å². The first kappa shape index (κ1) is 20.4. The van der Waals surface area contributed by atoms with Gasteiger partial charge in [-0.3, -0.25) is 4.79 Å². The SMILES string of the molecule is Cc1cccc(C(=O)N2CCN(c3nc4ccccc4c4nnc(-c5ccccc5)n34)CC2)c1. The van der Waals surface area contributed by atoms with Gasteiger partial charge in [0.15, 0.2) is 11.5 Å². The summed E-state index contributed by atoms with van der Waals surface area (Å²) in [5.41, 5.74) is 4.49. The Kier molecular flexibility index (Phi) is 4.95. The number of para-hydroxylation sites is 1. The number of aryl methyl sites for hydroxylation is 1. The molecule has 1 saturated heterocycles. The Hall–Kier alpha value is -4.26. The summed E-state index contributed by atoms with van der Waals surface area (Å²) in [6.07, 6.45) is 0. The molecule has 0 N–H and O–H groups in total. The van der Waals surface area contributed by atoms with E-state index in [0.717, 1.165) is 45.0 Å². The zero-order valence-corrected chi connectivity index (χ0v) is 18.9. The van der Waals surface area contributed by atoms with Crippen molar-refractivity contribution in [3.05, 3.63) is 90.0 Å². The summed E-state index contributed by atoms with van der Waals surface area (Å²) in [6.45, 7) is 4.64. The Bertz CT molecular complexity index is 1500. The molecule has 7 nitrogen and oxygen atoms in total. The summed E-state index contributed by atoms with van der Waals surface area (Å²) in [6, 6.07) is 25.9. The van der Waals surface area contributed by atoms with Crippen molar-refractivity contribution < 1.29 is 4.79 Å². The van der Waals surface area contributed by atoms with E-state index >= 15 is 0 Å². The van der Waals surface area contributed by atoms with E-state index in [1.54, 1.807) is 0 Å². The maximum Gasteiger partial charge on any atom is 0.253 e. The lowest BCUT2D eigenvalue weighted by molar-refractivity contribution is 0.0746. The van der Waals surface area contributed by atoms with Crippen LogP contribution < -0.4 is 4.90 Å². The van der Waals surface area contributed by atoms with E-state index in [0.29, 0.717) is 26.2 Å². The van der Waals surface area contributed by atoms with Crippen LogP contribution in [0.3, 0.4) is 0 Å². The fourth-order valence-electron chi connectivity index (χ4n) is 4.62. The highest BCUT2D eigenvalue weighted by Gasteiger charge is 2.26. The number of fused-ring (bicyclic) bond motifs is 3. The monoisotopic (exact) mass is 448 g/mol. The molecule has 3 heterocycles. The second-order valence-corrected chi connectivity index (χ2v) is 8.63. The first-order chi connectivity index (χ1) is 16.7. The van der Waals surface area contributed by atoms with Gasteiger partial charge in [-0.15, -0.1) is 10.2 Å².